The fraction of sp³-hybridized carbons (Fsp3) is 0. The van der Waals surface area contributed by atoms with Crippen molar-refractivity contribution < 1.29 is 18.7 Å². The lowest BCUT2D eigenvalue weighted by molar-refractivity contribution is 0.0686. The Morgan fingerprint density at radius 1 is 1.58 bits per heavy atom. The standard InChI is InChI=1S/C6H2BrF2NO2/c7-5-4(9)3(6(11)12)2(8)1-10-5/h1H,(H,11,12). The molecule has 0 aliphatic carbocycles. The van der Waals surface area contributed by atoms with Gasteiger partial charge in [-0.05, 0) is 15.9 Å². The first-order chi connectivity index (χ1) is 5.54. The molecule has 0 bridgehead atoms. The SMILES string of the molecule is O=C(O)c1c(F)cnc(Br)c1F. The Hall–Kier alpha value is -1.04. The molecule has 0 saturated carbocycles. The number of carbonyl (C=O) groups is 1. The van der Waals surface area contributed by atoms with E-state index in [2.05, 4.69) is 20.9 Å². The molecule has 1 aromatic heterocycles. The summed E-state index contributed by atoms with van der Waals surface area (Å²) in [5.41, 5.74) is -1.00. The van der Waals surface area contributed by atoms with Gasteiger partial charge in [0, 0.05) is 0 Å². The molecule has 0 amide bonds. The largest absolute Gasteiger partial charge is 0.477 e. The number of aromatic carboxylic acids is 1. The molecule has 0 aliphatic rings. The van der Waals surface area contributed by atoms with Crippen molar-refractivity contribution in [2.24, 2.45) is 0 Å². The number of halogens is 3. The van der Waals surface area contributed by atoms with Crippen molar-refractivity contribution in [2.75, 3.05) is 0 Å². The van der Waals surface area contributed by atoms with Crippen LogP contribution in [-0.2, 0) is 0 Å². The summed E-state index contributed by atoms with van der Waals surface area (Å²) in [5.74, 6) is -4.06. The number of carboxylic acids is 1. The van der Waals surface area contributed by atoms with Crippen molar-refractivity contribution in [3.8, 4) is 0 Å². The zero-order valence-corrected chi connectivity index (χ0v) is 7.10. The summed E-state index contributed by atoms with van der Waals surface area (Å²) in [6.07, 6.45) is 0.636. The first-order valence-corrected chi connectivity index (χ1v) is 3.56. The molecule has 0 saturated heterocycles. The van der Waals surface area contributed by atoms with Crippen molar-refractivity contribution in [3.05, 3.63) is 28.0 Å². The van der Waals surface area contributed by atoms with Gasteiger partial charge in [0.25, 0.3) is 0 Å². The molecular formula is C6H2BrF2NO2. The number of nitrogens with zero attached hydrogens (tertiary/aromatic N) is 1. The topological polar surface area (TPSA) is 50.2 Å². The fourth-order valence-electron chi connectivity index (χ4n) is 0.639. The molecule has 0 unspecified atom stereocenters. The average Bonchev–Trinajstić information content (AvgIpc) is 1.97. The number of aromatic nitrogens is 1. The third-order valence-corrected chi connectivity index (χ3v) is 1.70. The molecule has 64 valence electrons. The van der Waals surface area contributed by atoms with Crippen LogP contribution in [0.3, 0.4) is 0 Å². The van der Waals surface area contributed by atoms with E-state index in [-0.39, 0.29) is 4.60 Å². The molecule has 1 aromatic rings. The molecule has 1 N–H and O–H groups in total. The van der Waals surface area contributed by atoms with Gasteiger partial charge in [0.2, 0.25) is 0 Å². The summed E-state index contributed by atoms with van der Waals surface area (Å²) in [6, 6.07) is 0. The Labute approximate surface area is 74.2 Å². The number of hydrogen-bond acceptors (Lipinski definition) is 2. The molecule has 0 atom stereocenters. The van der Waals surface area contributed by atoms with E-state index in [1.54, 1.807) is 0 Å². The van der Waals surface area contributed by atoms with Crippen LogP contribution < -0.4 is 0 Å². The molecule has 1 rings (SSSR count). The van der Waals surface area contributed by atoms with Crippen LogP contribution in [0.1, 0.15) is 10.4 Å². The molecule has 12 heavy (non-hydrogen) atoms. The summed E-state index contributed by atoms with van der Waals surface area (Å²) in [4.78, 5) is 13.5. The van der Waals surface area contributed by atoms with Gasteiger partial charge in [0.05, 0.1) is 6.20 Å². The van der Waals surface area contributed by atoms with Gasteiger partial charge in [-0.1, -0.05) is 0 Å². The second kappa shape index (κ2) is 3.14. The highest BCUT2D eigenvalue weighted by molar-refractivity contribution is 9.10. The maximum absolute atomic E-state index is 12.8. The number of rotatable bonds is 1. The number of pyridine rings is 1. The minimum atomic E-state index is -1.66. The summed E-state index contributed by atoms with van der Waals surface area (Å²) in [6.45, 7) is 0. The van der Waals surface area contributed by atoms with Crippen molar-refractivity contribution in [2.45, 2.75) is 0 Å². The Morgan fingerprint density at radius 2 is 2.17 bits per heavy atom. The molecule has 1 heterocycles. The van der Waals surface area contributed by atoms with Crippen molar-refractivity contribution >= 4 is 21.9 Å². The van der Waals surface area contributed by atoms with Gasteiger partial charge in [-0.25, -0.2) is 18.6 Å². The zero-order chi connectivity index (χ0) is 9.30. The lowest BCUT2D eigenvalue weighted by Gasteiger charge is -1.99. The van der Waals surface area contributed by atoms with Crippen molar-refractivity contribution in [1.82, 2.24) is 4.98 Å². The molecule has 0 aliphatic heterocycles. The van der Waals surface area contributed by atoms with E-state index < -0.39 is 23.2 Å². The van der Waals surface area contributed by atoms with Gasteiger partial charge in [-0.3, -0.25) is 0 Å². The lowest BCUT2D eigenvalue weighted by atomic mass is 10.2. The lowest BCUT2D eigenvalue weighted by Crippen LogP contribution is -2.06. The Morgan fingerprint density at radius 3 is 2.58 bits per heavy atom. The normalized spacial score (nSPS) is 9.92. The molecule has 0 fully saturated rings. The zero-order valence-electron chi connectivity index (χ0n) is 5.51. The second-order valence-corrected chi connectivity index (χ2v) is 2.64. The quantitative estimate of drug-likeness (QED) is 0.759. The van der Waals surface area contributed by atoms with Crippen LogP contribution in [0.25, 0.3) is 0 Å². The van der Waals surface area contributed by atoms with Gasteiger partial charge in [-0.15, -0.1) is 0 Å². The van der Waals surface area contributed by atoms with Crippen molar-refractivity contribution in [3.63, 3.8) is 0 Å². The highest BCUT2D eigenvalue weighted by Crippen LogP contribution is 2.18. The van der Waals surface area contributed by atoms with Gasteiger partial charge < -0.3 is 5.11 Å². The van der Waals surface area contributed by atoms with Crippen LogP contribution in [0.4, 0.5) is 8.78 Å². The first kappa shape index (κ1) is 9.05. The number of hydrogen-bond donors (Lipinski definition) is 1. The third-order valence-electron chi connectivity index (χ3n) is 1.14. The molecule has 0 aromatic carbocycles. The van der Waals surface area contributed by atoms with E-state index in [0.717, 1.165) is 0 Å². The smallest absolute Gasteiger partial charge is 0.341 e. The maximum Gasteiger partial charge on any atom is 0.341 e. The van der Waals surface area contributed by atoms with Gasteiger partial charge in [0.1, 0.15) is 10.2 Å². The van der Waals surface area contributed by atoms with Crippen LogP contribution >= 0.6 is 15.9 Å². The summed E-state index contributed by atoms with van der Waals surface area (Å²) in [7, 11) is 0. The van der Waals surface area contributed by atoms with Crippen LogP contribution in [0, 0.1) is 11.6 Å². The molecule has 6 heteroatoms. The Bertz CT molecular complexity index is 343. The molecule has 3 nitrogen and oxygen atoms in total. The predicted octanol–water partition coefficient (Wildman–Crippen LogP) is 1.82. The molecule has 0 spiro atoms. The van der Waals surface area contributed by atoms with E-state index >= 15 is 0 Å². The van der Waals surface area contributed by atoms with Crippen LogP contribution in [0.5, 0.6) is 0 Å². The molecule has 0 radical (unpaired) electrons. The Balaban J connectivity index is 3.43. The van der Waals surface area contributed by atoms with Gasteiger partial charge >= 0.3 is 5.97 Å². The second-order valence-electron chi connectivity index (χ2n) is 1.89. The van der Waals surface area contributed by atoms with E-state index in [4.69, 9.17) is 5.11 Å². The minimum Gasteiger partial charge on any atom is -0.477 e. The third kappa shape index (κ3) is 1.42. The predicted molar refractivity (Wildman–Crippen MR) is 38.8 cm³/mol. The van der Waals surface area contributed by atoms with E-state index in [1.165, 1.54) is 0 Å². The van der Waals surface area contributed by atoms with Crippen LogP contribution in [0.2, 0.25) is 0 Å². The fourth-order valence-corrected chi connectivity index (χ4v) is 0.939. The van der Waals surface area contributed by atoms with Crippen LogP contribution in [0.15, 0.2) is 10.8 Å². The highest BCUT2D eigenvalue weighted by atomic mass is 79.9. The van der Waals surface area contributed by atoms with E-state index in [9.17, 15) is 13.6 Å². The molecular weight excluding hydrogens is 236 g/mol. The van der Waals surface area contributed by atoms with Gasteiger partial charge in [-0.2, -0.15) is 0 Å². The first-order valence-electron chi connectivity index (χ1n) is 2.77. The van der Waals surface area contributed by atoms with E-state index in [0.29, 0.717) is 6.20 Å². The summed E-state index contributed by atoms with van der Waals surface area (Å²) in [5, 5.41) is 8.34. The monoisotopic (exact) mass is 237 g/mol. The van der Waals surface area contributed by atoms with Gasteiger partial charge in [0.15, 0.2) is 11.6 Å². The minimum absolute atomic E-state index is 0.318. The number of carboxylic acid groups (broad SMARTS) is 1. The average molecular weight is 238 g/mol. The maximum atomic E-state index is 12.8. The van der Waals surface area contributed by atoms with Crippen molar-refractivity contribution in [1.29, 1.82) is 0 Å². The highest BCUT2D eigenvalue weighted by Gasteiger charge is 2.19. The summed E-state index contributed by atoms with van der Waals surface area (Å²) < 4.78 is 25.0. The Kier molecular flexibility index (Phi) is 2.37. The van der Waals surface area contributed by atoms with Crippen LogP contribution in [-0.4, -0.2) is 16.1 Å². The van der Waals surface area contributed by atoms with E-state index in [1.807, 2.05) is 0 Å². The summed E-state index contributed by atoms with van der Waals surface area (Å²) >= 11 is 2.63.